The standard InChI is InChI=1S/C17H23NO5S/c1-17(2,3)23-16(20)18-12-9-10-13(18)15(14(12)19)24(21,22)11-7-5-4-6-8-11/h4-8,12-15,19H,9-10H2,1-3H3/t12-,13+,14+,15-/m0/s1. The Balaban J connectivity index is 1.91. The van der Waals surface area contributed by atoms with Gasteiger partial charge in [-0.1, -0.05) is 18.2 Å². The summed E-state index contributed by atoms with van der Waals surface area (Å²) in [4.78, 5) is 14.1. The third kappa shape index (κ3) is 2.80. The number of ether oxygens (including phenoxy) is 1. The Kier molecular flexibility index (Phi) is 4.12. The van der Waals surface area contributed by atoms with Crippen molar-refractivity contribution in [3.05, 3.63) is 30.3 Å². The van der Waals surface area contributed by atoms with Gasteiger partial charge in [-0.25, -0.2) is 13.2 Å². The maximum absolute atomic E-state index is 12.9. The number of aliphatic hydroxyl groups excluding tert-OH is 1. The Hall–Kier alpha value is -1.60. The van der Waals surface area contributed by atoms with E-state index in [2.05, 4.69) is 0 Å². The second-order valence-corrected chi connectivity index (χ2v) is 9.52. The summed E-state index contributed by atoms with van der Waals surface area (Å²) >= 11 is 0. The molecular weight excluding hydrogens is 330 g/mol. The van der Waals surface area contributed by atoms with Crippen molar-refractivity contribution < 1.29 is 23.1 Å². The van der Waals surface area contributed by atoms with E-state index >= 15 is 0 Å². The number of aliphatic hydroxyl groups is 1. The number of hydrogen-bond donors (Lipinski definition) is 1. The summed E-state index contributed by atoms with van der Waals surface area (Å²) in [5, 5.41) is 9.56. The largest absolute Gasteiger partial charge is 0.444 e. The molecule has 132 valence electrons. The minimum atomic E-state index is -3.73. The molecule has 3 rings (SSSR count). The van der Waals surface area contributed by atoms with Crippen LogP contribution >= 0.6 is 0 Å². The maximum atomic E-state index is 12.9. The lowest BCUT2D eigenvalue weighted by molar-refractivity contribution is 0.0170. The van der Waals surface area contributed by atoms with Gasteiger partial charge in [0.25, 0.3) is 0 Å². The summed E-state index contributed by atoms with van der Waals surface area (Å²) < 4.78 is 31.3. The van der Waals surface area contributed by atoms with Gasteiger partial charge in [-0.15, -0.1) is 0 Å². The minimum absolute atomic E-state index is 0.172. The molecular formula is C17H23NO5S. The first-order valence-corrected chi connectivity index (χ1v) is 9.66. The van der Waals surface area contributed by atoms with Crippen molar-refractivity contribution in [2.45, 2.75) is 67.5 Å². The lowest BCUT2D eigenvalue weighted by Gasteiger charge is -2.27. The molecule has 1 N–H and O–H groups in total. The van der Waals surface area contributed by atoms with Gasteiger partial charge in [0.15, 0.2) is 9.84 Å². The van der Waals surface area contributed by atoms with Crippen LogP contribution in [0.4, 0.5) is 4.79 Å². The first kappa shape index (κ1) is 17.2. The fourth-order valence-corrected chi connectivity index (χ4v) is 5.79. The van der Waals surface area contributed by atoms with Gasteiger partial charge in [0.05, 0.1) is 23.1 Å². The molecule has 0 spiro atoms. The molecule has 4 atom stereocenters. The molecule has 2 bridgehead atoms. The molecule has 6 nitrogen and oxygen atoms in total. The Morgan fingerprint density at radius 2 is 1.75 bits per heavy atom. The minimum Gasteiger partial charge on any atom is -0.444 e. The van der Waals surface area contributed by atoms with Crippen molar-refractivity contribution in [2.75, 3.05) is 0 Å². The third-order valence-electron chi connectivity index (χ3n) is 4.62. The number of carbonyl (C=O) groups is 1. The van der Waals surface area contributed by atoms with Crippen LogP contribution < -0.4 is 0 Å². The fourth-order valence-electron chi connectivity index (χ4n) is 3.71. The van der Waals surface area contributed by atoms with Gasteiger partial charge in [0.2, 0.25) is 0 Å². The Labute approximate surface area is 142 Å². The van der Waals surface area contributed by atoms with Crippen LogP contribution in [-0.2, 0) is 14.6 Å². The van der Waals surface area contributed by atoms with Gasteiger partial charge in [0.1, 0.15) is 10.9 Å². The van der Waals surface area contributed by atoms with E-state index in [0.29, 0.717) is 12.8 Å². The van der Waals surface area contributed by atoms with Crippen LogP contribution in [0.15, 0.2) is 35.2 Å². The van der Waals surface area contributed by atoms with E-state index in [9.17, 15) is 18.3 Å². The average molecular weight is 353 g/mol. The van der Waals surface area contributed by atoms with Crippen molar-refractivity contribution in [3.8, 4) is 0 Å². The first-order chi connectivity index (χ1) is 11.1. The molecule has 2 fully saturated rings. The van der Waals surface area contributed by atoms with Crippen molar-refractivity contribution in [1.82, 2.24) is 4.90 Å². The number of carbonyl (C=O) groups excluding carboxylic acids is 1. The Morgan fingerprint density at radius 1 is 1.17 bits per heavy atom. The van der Waals surface area contributed by atoms with Gasteiger partial charge in [-0.3, -0.25) is 4.90 Å². The zero-order valence-corrected chi connectivity index (χ0v) is 14.9. The summed E-state index contributed by atoms with van der Waals surface area (Å²) in [5.41, 5.74) is -0.669. The molecule has 0 unspecified atom stereocenters. The fraction of sp³-hybridized carbons (Fsp3) is 0.588. The van der Waals surface area contributed by atoms with Gasteiger partial charge in [0, 0.05) is 0 Å². The lowest BCUT2D eigenvalue weighted by Crippen LogP contribution is -2.43. The summed E-state index contributed by atoms with van der Waals surface area (Å²) in [5.74, 6) is 0. The van der Waals surface area contributed by atoms with Crippen LogP contribution in [0.25, 0.3) is 0 Å². The second kappa shape index (κ2) is 5.74. The number of fused-ring (bicyclic) bond motifs is 2. The number of amides is 1. The summed E-state index contributed by atoms with van der Waals surface area (Å²) in [6.07, 6.45) is -0.509. The molecule has 2 saturated heterocycles. The topological polar surface area (TPSA) is 83.9 Å². The van der Waals surface area contributed by atoms with Crippen LogP contribution in [-0.4, -0.2) is 53.6 Å². The average Bonchev–Trinajstić information content (AvgIpc) is 3.02. The van der Waals surface area contributed by atoms with Crippen LogP contribution in [0.3, 0.4) is 0 Å². The quantitative estimate of drug-likeness (QED) is 0.879. The molecule has 2 aliphatic heterocycles. The molecule has 1 aromatic carbocycles. The number of hydrogen-bond acceptors (Lipinski definition) is 5. The zero-order valence-electron chi connectivity index (χ0n) is 14.0. The van der Waals surface area contributed by atoms with E-state index in [1.165, 1.54) is 17.0 Å². The van der Waals surface area contributed by atoms with Gasteiger partial charge in [-0.2, -0.15) is 0 Å². The van der Waals surface area contributed by atoms with Crippen LogP contribution in [0, 0.1) is 0 Å². The van der Waals surface area contributed by atoms with E-state index in [1.807, 2.05) is 0 Å². The molecule has 1 aromatic rings. The molecule has 7 heteroatoms. The number of sulfone groups is 1. The summed E-state index contributed by atoms with van der Waals surface area (Å²) in [7, 11) is -3.73. The van der Waals surface area contributed by atoms with Gasteiger partial charge < -0.3 is 9.84 Å². The SMILES string of the molecule is CC(C)(C)OC(=O)N1[C@@H]2CC[C@H]1[C@@H](O)[C@H]2S(=O)(=O)c1ccccc1. The molecule has 0 aliphatic carbocycles. The van der Waals surface area contributed by atoms with Crippen LogP contribution in [0.1, 0.15) is 33.6 Å². The highest BCUT2D eigenvalue weighted by Crippen LogP contribution is 2.43. The first-order valence-electron chi connectivity index (χ1n) is 8.11. The smallest absolute Gasteiger partial charge is 0.410 e. The molecule has 2 heterocycles. The molecule has 2 aliphatic rings. The van der Waals surface area contributed by atoms with E-state index in [4.69, 9.17) is 4.74 Å². The molecule has 1 amide bonds. The number of nitrogens with zero attached hydrogens (tertiary/aromatic N) is 1. The van der Waals surface area contributed by atoms with Gasteiger partial charge in [-0.05, 0) is 45.7 Å². The predicted octanol–water partition coefficient (Wildman–Crippen LogP) is 1.97. The summed E-state index contributed by atoms with van der Waals surface area (Å²) in [6.45, 7) is 5.28. The maximum Gasteiger partial charge on any atom is 0.410 e. The highest BCUT2D eigenvalue weighted by molar-refractivity contribution is 7.92. The Bertz CT molecular complexity index is 725. The predicted molar refractivity (Wildman–Crippen MR) is 88.3 cm³/mol. The van der Waals surface area contributed by atoms with E-state index < -0.39 is 45.0 Å². The molecule has 0 saturated carbocycles. The highest BCUT2D eigenvalue weighted by atomic mass is 32.2. The second-order valence-electron chi connectivity index (χ2n) is 7.41. The van der Waals surface area contributed by atoms with Crippen LogP contribution in [0.2, 0.25) is 0 Å². The van der Waals surface area contributed by atoms with E-state index in [1.54, 1.807) is 39.0 Å². The molecule has 24 heavy (non-hydrogen) atoms. The number of rotatable bonds is 2. The van der Waals surface area contributed by atoms with Crippen molar-refractivity contribution in [3.63, 3.8) is 0 Å². The lowest BCUT2D eigenvalue weighted by atomic mass is 9.97. The van der Waals surface area contributed by atoms with E-state index in [0.717, 1.165) is 0 Å². The van der Waals surface area contributed by atoms with Crippen molar-refractivity contribution >= 4 is 15.9 Å². The normalized spacial score (nSPS) is 29.8. The molecule has 0 aromatic heterocycles. The zero-order chi connectivity index (χ0) is 17.7. The summed E-state index contributed by atoms with van der Waals surface area (Å²) in [6, 6.07) is 7.02. The van der Waals surface area contributed by atoms with E-state index in [-0.39, 0.29) is 4.90 Å². The monoisotopic (exact) mass is 353 g/mol. The third-order valence-corrected chi connectivity index (χ3v) is 6.86. The van der Waals surface area contributed by atoms with Gasteiger partial charge >= 0.3 is 6.09 Å². The van der Waals surface area contributed by atoms with Crippen molar-refractivity contribution in [2.24, 2.45) is 0 Å². The van der Waals surface area contributed by atoms with Crippen molar-refractivity contribution in [1.29, 1.82) is 0 Å². The Morgan fingerprint density at radius 3 is 2.33 bits per heavy atom. The number of benzene rings is 1. The van der Waals surface area contributed by atoms with Crippen LogP contribution in [0.5, 0.6) is 0 Å². The highest BCUT2D eigenvalue weighted by Gasteiger charge is 2.60. The molecule has 0 radical (unpaired) electrons.